The first-order valence-electron chi connectivity index (χ1n) is 7.44. The zero-order valence-electron chi connectivity index (χ0n) is 12.4. The summed E-state index contributed by atoms with van der Waals surface area (Å²) in [5.41, 5.74) is 0. The first-order chi connectivity index (χ1) is 9.45. The van der Waals surface area contributed by atoms with Crippen LogP contribution < -0.4 is 0 Å². The molecule has 0 amide bonds. The summed E-state index contributed by atoms with van der Waals surface area (Å²) in [5, 5.41) is 9.22. The van der Waals surface area contributed by atoms with Crippen molar-refractivity contribution in [2.24, 2.45) is 0 Å². The predicted octanol–water partition coefficient (Wildman–Crippen LogP) is 0.577. The van der Waals surface area contributed by atoms with E-state index in [9.17, 15) is 13.5 Å². The molecule has 2 fully saturated rings. The summed E-state index contributed by atoms with van der Waals surface area (Å²) in [6.45, 7) is 2.28. The molecule has 1 N–H and O–H groups in total. The van der Waals surface area contributed by atoms with Crippen molar-refractivity contribution < 1.29 is 18.3 Å². The third-order valence-corrected chi connectivity index (χ3v) is 6.25. The van der Waals surface area contributed by atoms with E-state index in [2.05, 4.69) is 0 Å². The van der Waals surface area contributed by atoms with Crippen molar-refractivity contribution in [1.29, 1.82) is 0 Å². The molecule has 0 aromatic heterocycles. The Balaban J connectivity index is 2.07. The van der Waals surface area contributed by atoms with E-state index >= 15 is 0 Å². The van der Waals surface area contributed by atoms with Crippen LogP contribution in [-0.4, -0.2) is 67.1 Å². The summed E-state index contributed by atoms with van der Waals surface area (Å²) in [6.07, 6.45) is 4.68. The van der Waals surface area contributed by atoms with Crippen LogP contribution in [0.1, 0.15) is 39.0 Å². The van der Waals surface area contributed by atoms with Gasteiger partial charge in [0, 0.05) is 26.2 Å². The Labute approximate surface area is 121 Å². The Hall–Kier alpha value is -0.210. The summed E-state index contributed by atoms with van der Waals surface area (Å²) in [7, 11) is -1.78. The van der Waals surface area contributed by atoms with Crippen LogP contribution in [0, 0.1) is 0 Å². The van der Waals surface area contributed by atoms with Crippen molar-refractivity contribution in [2.75, 3.05) is 26.7 Å². The van der Waals surface area contributed by atoms with E-state index in [1.54, 1.807) is 7.05 Å². The van der Waals surface area contributed by atoms with E-state index < -0.39 is 16.3 Å². The number of aliphatic hydroxyl groups excluding tert-OH is 1. The molecule has 0 aromatic carbocycles. The Morgan fingerprint density at radius 2 is 1.90 bits per heavy atom. The number of aliphatic hydroxyl groups is 1. The number of nitrogens with zero attached hydrogens (tertiary/aromatic N) is 2. The number of hydrogen-bond donors (Lipinski definition) is 1. The molecule has 1 heterocycles. The van der Waals surface area contributed by atoms with E-state index in [0.717, 1.165) is 25.7 Å². The van der Waals surface area contributed by atoms with Crippen LogP contribution in [-0.2, 0) is 14.9 Å². The lowest BCUT2D eigenvalue weighted by molar-refractivity contribution is -0.0762. The molecule has 2 aliphatic rings. The van der Waals surface area contributed by atoms with Crippen molar-refractivity contribution in [3.63, 3.8) is 0 Å². The highest BCUT2D eigenvalue weighted by Crippen LogP contribution is 2.26. The predicted molar refractivity (Wildman–Crippen MR) is 76.5 cm³/mol. The van der Waals surface area contributed by atoms with Gasteiger partial charge < -0.3 is 9.84 Å². The van der Waals surface area contributed by atoms with Crippen LogP contribution >= 0.6 is 0 Å². The number of morpholine rings is 1. The van der Waals surface area contributed by atoms with Gasteiger partial charge in [-0.1, -0.05) is 19.3 Å². The van der Waals surface area contributed by atoms with E-state index in [1.165, 1.54) is 15.0 Å². The van der Waals surface area contributed by atoms with Gasteiger partial charge in [0.25, 0.3) is 10.2 Å². The third kappa shape index (κ3) is 3.51. The van der Waals surface area contributed by atoms with Crippen molar-refractivity contribution in [3.8, 4) is 0 Å². The van der Waals surface area contributed by atoms with Gasteiger partial charge in [0.15, 0.2) is 0 Å². The van der Waals surface area contributed by atoms with Gasteiger partial charge in [-0.05, 0) is 19.8 Å². The smallest absolute Gasteiger partial charge is 0.282 e. The number of hydrogen-bond acceptors (Lipinski definition) is 4. The molecule has 2 atom stereocenters. The number of ether oxygens (including phenoxy) is 1. The van der Waals surface area contributed by atoms with Gasteiger partial charge in [0.2, 0.25) is 0 Å². The van der Waals surface area contributed by atoms with E-state index in [0.29, 0.717) is 6.54 Å². The average molecular weight is 306 g/mol. The first kappa shape index (κ1) is 16.2. The molecule has 0 aromatic rings. The minimum Gasteiger partial charge on any atom is -0.394 e. The molecule has 0 bridgehead atoms. The maximum atomic E-state index is 12.7. The van der Waals surface area contributed by atoms with Crippen LogP contribution in [0.5, 0.6) is 0 Å². The summed E-state index contributed by atoms with van der Waals surface area (Å²) in [5.74, 6) is 0. The lowest BCUT2D eigenvalue weighted by Crippen LogP contribution is -2.55. The van der Waals surface area contributed by atoms with Crippen molar-refractivity contribution in [2.45, 2.75) is 57.3 Å². The fraction of sp³-hybridized carbons (Fsp3) is 1.00. The quantitative estimate of drug-likeness (QED) is 0.825. The van der Waals surface area contributed by atoms with Crippen LogP contribution in [0.15, 0.2) is 0 Å². The van der Waals surface area contributed by atoms with Crippen molar-refractivity contribution in [3.05, 3.63) is 0 Å². The SMILES string of the molecule is CC1CN(S(=O)(=O)N(C)C2CCCCC2)CC(CO)O1. The Kier molecular flexibility index (Phi) is 5.42. The highest BCUT2D eigenvalue weighted by Gasteiger charge is 2.37. The van der Waals surface area contributed by atoms with Crippen LogP contribution in [0.25, 0.3) is 0 Å². The molecule has 118 valence electrons. The molecule has 1 aliphatic carbocycles. The van der Waals surface area contributed by atoms with Gasteiger partial charge in [0.05, 0.1) is 18.8 Å². The largest absolute Gasteiger partial charge is 0.394 e. The van der Waals surface area contributed by atoms with Gasteiger partial charge in [-0.25, -0.2) is 0 Å². The Bertz CT molecular complexity index is 409. The summed E-state index contributed by atoms with van der Waals surface area (Å²) < 4.78 is 33.9. The molecule has 6 nitrogen and oxygen atoms in total. The van der Waals surface area contributed by atoms with E-state index in [4.69, 9.17) is 4.74 Å². The lowest BCUT2D eigenvalue weighted by Gasteiger charge is -2.39. The van der Waals surface area contributed by atoms with Crippen molar-refractivity contribution in [1.82, 2.24) is 8.61 Å². The zero-order valence-corrected chi connectivity index (χ0v) is 13.2. The molecular formula is C13H26N2O4S. The van der Waals surface area contributed by atoms with E-state index in [1.807, 2.05) is 6.92 Å². The highest BCUT2D eigenvalue weighted by molar-refractivity contribution is 7.86. The van der Waals surface area contributed by atoms with Gasteiger partial charge >= 0.3 is 0 Å². The second-order valence-corrected chi connectivity index (χ2v) is 7.87. The maximum Gasteiger partial charge on any atom is 0.282 e. The average Bonchev–Trinajstić information content (AvgIpc) is 2.46. The molecule has 0 spiro atoms. The minimum absolute atomic E-state index is 0.111. The molecule has 20 heavy (non-hydrogen) atoms. The number of rotatable bonds is 4. The van der Waals surface area contributed by atoms with Gasteiger partial charge in [0.1, 0.15) is 0 Å². The summed E-state index contributed by atoms with van der Waals surface area (Å²) >= 11 is 0. The van der Waals surface area contributed by atoms with Gasteiger partial charge in [-0.15, -0.1) is 0 Å². The second kappa shape index (κ2) is 6.70. The standard InChI is InChI=1S/C13H26N2O4S/c1-11-8-15(9-13(10-16)19-11)20(17,18)14(2)12-6-4-3-5-7-12/h11-13,16H,3-10H2,1-2H3. The Morgan fingerprint density at radius 1 is 1.25 bits per heavy atom. The molecule has 2 rings (SSSR count). The fourth-order valence-electron chi connectivity index (χ4n) is 3.11. The zero-order chi connectivity index (χ0) is 14.8. The van der Waals surface area contributed by atoms with Gasteiger partial charge in [-0.2, -0.15) is 17.0 Å². The van der Waals surface area contributed by atoms with Crippen molar-refractivity contribution >= 4 is 10.2 Å². The summed E-state index contributed by atoms with van der Waals surface area (Å²) in [6, 6.07) is 0.111. The van der Waals surface area contributed by atoms with Gasteiger partial charge in [-0.3, -0.25) is 0 Å². The molecule has 1 saturated carbocycles. The topological polar surface area (TPSA) is 70.1 Å². The molecule has 1 saturated heterocycles. The van der Waals surface area contributed by atoms with Crippen LogP contribution in [0.4, 0.5) is 0 Å². The van der Waals surface area contributed by atoms with Crippen LogP contribution in [0.3, 0.4) is 0 Å². The fourth-order valence-corrected chi connectivity index (χ4v) is 4.81. The van der Waals surface area contributed by atoms with E-state index in [-0.39, 0.29) is 25.3 Å². The maximum absolute atomic E-state index is 12.7. The Morgan fingerprint density at radius 3 is 2.50 bits per heavy atom. The molecule has 2 unspecified atom stereocenters. The monoisotopic (exact) mass is 306 g/mol. The second-order valence-electron chi connectivity index (χ2n) is 5.88. The first-order valence-corrected chi connectivity index (χ1v) is 8.84. The summed E-state index contributed by atoms with van der Waals surface area (Å²) in [4.78, 5) is 0. The molecule has 7 heteroatoms. The lowest BCUT2D eigenvalue weighted by atomic mass is 9.96. The third-order valence-electron chi connectivity index (χ3n) is 4.28. The highest BCUT2D eigenvalue weighted by atomic mass is 32.2. The molecule has 0 radical (unpaired) electrons. The van der Waals surface area contributed by atoms with Crippen LogP contribution in [0.2, 0.25) is 0 Å². The molecular weight excluding hydrogens is 280 g/mol. The molecule has 1 aliphatic heterocycles. The minimum atomic E-state index is -3.46. The normalized spacial score (nSPS) is 30.8.